The number of hydrazone groups is 1. The van der Waals surface area contributed by atoms with Crippen molar-refractivity contribution >= 4 is 52.3 Å². The first kappa shape index (κ1) is 25.4. The Hall–Kier alpha value is -4.28. The molecule has 194 valence electrons. The van der Waals surface area contributed by atoms with Crippen LogP contribution in [0.2, 0.25) is 5.02 Å². The Labute approximate surface area is 224 Å². The van der Waals surface area contributed by atoms with Crippen LogP contribution in [-0.2, 0) is 4.74 Å². The number of benzene rings is 2. The quantitative estimate of drug-likeness (QED) is 0.195. The average molecular weight is 533 g/mol. The molecule has 0 aliphatic carbocycles. The van der Waals surface area contributed by atoms with E-state index in [0.717, 1.165) is 34.5 Å². The summed E-state index contributed by atoms with van der Waals surface area (Å²) in [4.78, 5) is 14.4. The number of nitrogens with zero attached hydrogens (tertiary/aromatic N) is 5. The third-order valence-electron chi connectivity index (χ3n) is 5.67. The first-order valence-electron chi connectivity index (χ1n) is 12.0. The zero-order valence-corrected chi connectivity index (χ0v) is 21.4. The number of nitrogens with one attached hydrogen (secondary N) is 3. The Kier molecular flexibility index (Phi) is 7.91. The molecule has 9 nitrogen and oxygen atoms in total. The van der Waals surface area contributed by atoms with Gasteiger partial charge in [-0.15, -0.1) is 0 Å². The topological polar surface area (TPSA) is 99.6 Å². The molecular formula is C27H26ClFN8O. The Bertz CT molecular complexity index is 1410. The lowest BCUT2D eigenvalue weighted by Gasteiger charge is -2.27. The molecule has 5 rings (SSSR count). The summed E-state index contributed by atoms with van der Waals surface area (Å²) in [6, 6.07) is 17.5. The fourth-order valence-electron chi connectivity index (χ4n) is 3.94. The molecule has 0 amide bonds. The van der Waals surface area contributed by atoms with Gasteiger partial charge in [-0.25, -0.2) is 14.8 Å². The van der Waals surface area contributed by atoms with Crippen LogP contribution < -0.4 is 21.0 Å². The fraction of sp³-hybridized carbons (Fsp3) is 0.185. The van der Waals surface area contributed by atoms with Crippen molar-refractivity contribution < 1.29 is 9.13 Å². The number of ether oxygens (including phenoxy) is 1. The molecule has 2 aromatic heterocycles. The lowest BCUT2D eigenvalue weighted by molar-refractivity contribution is 0.122. The van der Waals surface area contributed by atoms with Crippen LogP contribution in [0.1, 0.15) is 11.3 Å². The third-order valence-corrected chi connectivity index (χ3v) is 5.88. The maximum atomic E-state index is 14.2. The van der Waals surface area contributed by atoms with E-state index in [1.54, 1.807) is 12.4 Å². The van der Waals surface area contributed by atoms with E-state index in [1.165, 1.54) is 0 Å². The smallest absolute Gasteiger partial charge is 0.245 e. The van der Waals surface area contributed by atoms with Crippen molar-refractivity contribution in [2.45, 2.75) is 6.92 Å². The van der Waals surface area contributed by atoms with Gasteiger partial charge in [-0.3, -0.25) is 4.98 Å². The third kappa shape index (κ3) is 6.72. The van der Waals surface area contributed by atoms with Crippen LogP contribution >= 0.6 is 11.6 Å². The van der Waals surface area contributed by atoms with E-state index >= 15 is 0 Å². The minimum atomic E-state index is -0.480. The average Bonchev–Trinajstić information content (AvgIpc) is 2.91. The van der Waals surface area contributed by atoms with E-state index < -0.39 is 5.82 Å². The van der Waals surface area contributed by atoms with Gasteiger partial charge in [-0.05, 0) is 61.0 Å². The van der Waals surface area contributed by atoms with Crippen molar-refractivity contribution in [2.75, 3.05) is 47.3 Å². The summed E-state index contributed by atoms with van der Waals surface area (Å²) >= 11 is 6.17. The number of hydrogen-bond acceptors (Lipinski definition) is 9. The van der Waals surface area contributed by atoms with Crippen LogP contribution in [0.3, 0.4) is 0 Å². The van der Waals surface area contributed by atoms with E-state index in [1.807, 2.05) is 66.4 Å². The Morgan fingerprint density at radius 2 is 1.74 bits per heavy atom. The fourth-order valence-corrected chi connectivity index (χ4v) is 4.23. The largest absolute Gasteiger partial charge is 0.378 e. The summed E-state index contributed by atoms with van der Waals surface area (Å²) in [5, 5.41) is 11.6. The summed E-state index contributed by atoms with van der Waals surface area (Å²) in [7, 11) is 0. The molecule has 1 saturated heterocycles. The van der Waals surface area contributed by atoms with Crippen molar-refractivity contribution in [1.82, 2.24) is 15.0 Å². The summed E-state index contributed by atoms with van der Waals surface area (Å²) in [5.41, 5.74) is 8.04. The van der Waals surface area contributed by atoms with Crippen LogP contribution in [0.15, 0.2) is 72.1 Å². The monoisotopic (exact) mass is 532 g/mol. The number of rotatable bonds is 8. The van der Waals surface area contributed by atoms with Gasteiger partial charge in [0, 0.05) is 35.2 Å². The molecule has 0 unspecified atom stereocenters. The Morgan fingerprint density at radius 3 is 2.47 bits per heavy atom. The van der Waals surface area contributed by atoms with Crippen molar-refractivity contribution in [3.63, 3.8) is 0 Å². The van der Waals surface area contributed by atoms with E-state index in [2.05, 4.69) is 36.1 Å². The second-order valence-corrected chi connectivity index (χ2v) is 9.09. The van der Waals surface area contributed by atoms with E-state index in [4.69, 9.17) is 16.3 Å². The highest BCUT2D eigenvalue weighted by Crippen LogP contribution is 2.25. The SMILES string of the molecule is Cc1cc(Cl)cc(Nc2cccc(Nc3ccc(/C=N/Nc4ncc(F)c(N5CCOCC5)n4)nc3)c2)c1. The minimum absolute atomic E-state index is 0.198. The lowest BCUT2D eigenvalue weighted by atomic mass is 10.2. The number of anilines is 6. The minimum Gasteiger partial charge on any atom is -0.378 e. The number of aryl methyl sites for hydroxylation is 1. The van der Waals surface area contributed by atoms with Crippen LogP contribution in [0.25, 0.3) is 0 Å². The Morgan fingerprint density at radius 1 is 0.947 bits per heavy atom. The van der Waals surface area contributed by atoms with Gasteiger partial charge in [-0.2, -0.15) is 10.1 Å². The van der Waals surface area contributed by atoms with Crippen LogP contribution in [-0.4, -0.2) is 47.5 Å². The molecule has 1 aliphatic rings. The molecule has 4 aromatic rings. The van der Waals surface area contributed by atoms with Gasteiger partial charge in [0.05, 0.1) is 43.2 Å². The highest BCUT2D eigenvalue weighted by Gasteiger charge is 2.17. The van der Waals surface area contributed by atoms with Gasteiger partial charge < -0.3 is 20.3 Å². The molecule has 11 heteroatoms. The molecular weight excluding hydrogens is 507 g/mol. The number of hydrogen-bond donors (Lipinski definition) is 3. The maximum Gasteiger partial charge on any atom is 0.245 e. The zero-order valence-electron chi connectivity index (χ0n) is 20.7. The van der Waals surface area contributed by atoms with Crippen molar-refractivity contribution in [3.05, 3.63) is 89.1 Å². The number of aromatic nitrogens is 3. The molecule has 38 heavy (non-hydrogen) atoms. The molecule has 2 aromatic carbocycles. The summed E-state index contributed by atoms with van der Waals surface area (Å²) in [5.74, 6) is -0.0487. The van der Waals surface area contributed by atoms with Gasteiger partial charge in [0.25, 0.3) is 0 Å². The zero-order chi connectivity index (χ0) is 26.3. The summed E-state index contributed by atoms with van der Waals surface area (Å²) in [6.45, 7) is 4.22. The molecule has 1 fully saturated rings. The molecule has 0 atom stereocenters. The number of halogens is 2. The number of pyridine rings is 1. The van der Waals surface area contributed by atoms with E-state index in [-0.39, 0.29) is 11.8 Å². The van der Waals surface area contributed by atoms with Gasteiger partial charge in [0.1, 0.15) is 0 Å². The van der Waals surface area contributed by atoms with Crippen LogP contribution in [0.4, 0.5) is 38.9 Å². The van der Waals surface area contributed by atoms with Gasteiger partial charge in [-0.1, -0.05) is 17.7 Å². The molecule has 0 radical (unpaired) electrons. The second-order valence-electron chi connectivity index (χ2n) is 8.65. The van der Waals surface area contributed by atoms with Gasteiger partial charge in [0.15, 0.2) is 11.6 Å². The van der Waals surface area contributed by atoms with Crippen LogP contribution in [0, 0.1) is 12.7 Å². The summed E-state index contributed by atoms with van der Waals surface area (Å²) in [6.07, 6.45) is 4.39. The standard InChI is InChI=1S/C27H26ClFN8O/c1-18-11-19(28)13-24(12-18)34-21-4-2-3-20(14-21)33-23-6-5-22(30-15-23)16-32-36-27-31-17-25(29)26(35-27)37-7-9-38-10-8-37/h2-6,11-17,33-34H,7-10H2,1H3,(H,31,35,36)/b32-16+. The molecule has 0 spiro atoms. The van der Waals surface area contributed by atoms with Crippen molar-refractivity contribution in [2.24, 2.45) is 5.10 Å². The van der Waals surface area contributed by atoms with E-state index in [0.29, 0.717) is 37.0 Å². The van der Waals surface area contributed by atoms with Gasteiger partial charge >= 0.3 is 0 Å². The molecule has 1 aliphatic heterocycles. The second kappa shape index (κ2) is 11.8. The first-order chi connectivity index (χ1) is 18.5. The normalized spacial score (nSPS) is 13.5. The number of morpholine rings is 1. The summed E-state index contributed by atoms with van der Waals surface area (Å²) < 4.78 is 19.5. The predicted octanol–water partition coefficient (Wildman–Crippen LogP) is 5.74. The molecule has 0 saturated carbocycles. The lowest BCUT2D eigenvalue weighted by Crippen LogP contribution is -2.37. The maximum absolute atomic E-state index is 14.2. The van der Waals surface area contributed by atoms with Crippen molar-refractivity contribution in [1.29, 1.82) is 0 Å². The first-order valence-corrected chi connectivity index (χ1v) is 12.4. The van der Waals surface area contributed by atoms with Gasteiger partial charge in [0.2, 0.25) is 5.95 Å². The molecule has 3 heterocycles. The molecule has 0 bridgehead atoms. The van der Waals surface area contributed by atoms with E-state index in [9.17, 15) is 4.39 Å². The van der Waals surface area contributed by atoms with Crippen LogP contribution in [0.5, 0.6) is 0 Å². The highest BCUT2D eigenvalue weighted by atomic mass is 35.5. The van der Waals surface area contributed by atoms with Crippen molar-refractivity contribution in [3.8, 4) is 0 Å². The Balaban J connectivity index is 1.18. The predicted molar refractivity (Wildman–Crippen MR) is 150 cm³/mol. The molecule has 3 N–H and O–H groups in total. The highest BCUT2D eigenvalue weighted by molar-refractivity contribution is 6.31.